The van der Waals surface area contributed by atoms with Crippen molar-refractivity contribution in [1.29, 1.82) is 0 Å². The SMILES string of the molecule is [C-]#[N+]C(C)c1cc(C)cc(C)c1OC. The maximum atomic E-state index is 7.03. The van der Waals surface area contributed by atoms with Gasteiger partial charge in [-0.05, 0) is 25.5 Å². The second kappa shape index (κ2) is 4.15. The number of hydrogen-bond donors (Lipinski definition) is 0. The van der Waals surface area contributed by atoms with Crippen LogP contribution in [0.5, 0.6) is 5.75 Å². The third-order valence-corrected chi connectivity index (χ3v) is 2.30. The maximum absolute atomic E-state index is 7.03. The number of benzene rings is 1. The van der Waals surface area contributed by atoms with Crippen LogP contribution in [-0.4, -0.2) is 7.11 Å². The lowest BCUT2D eigenvalue weighted by molar-refractivity contribution is 0.405. The molecule has 1 aromatic carbocycles. The van der Waals surface area contributed by atoms with Gasteiger partial charge in [0.1, 0.15) is 5.75 Å². The number of rotatable bonds is 2. The molecule has 0 spiro atoms. The molecule has 14 heavy (non-hydrogen) atoms. The molecule has 0 heterocycles. The zero-order valence-corrected chi connectivity index (χ0v) is 9.09. The first-order valence-corrected chi connectivity index (χ1v) is 4.61. The summed E-state index contributed by atoms with van der Waals surface area (Å²) in [7, 11) is 1.65. The monoisotopic (exact) mass is 189 g/mol. The number of ether oxygens (including phenoxy) is 1. The summed E-state index contributed by atoms with van der Waals surface area (Å²) in [5.41, 5.74) is 3.26. The number of aryl methyl sites for hydroxylation is 2. The average molecular weight is 189 g/mol. The highest BCUT2D eigenvalue weighted by atomic mass is 16.5. The van der Waals surface area contributed by atoms with Crippen molar-refractivity contribution in [2.75, 3.05) is 7.11 Å². The van der Waals surface area contributed by atoms with Crippen molar-refractivity contribution in [2.45, 2.75) is 26.8 Å². The highest BCUT2D eigenvalue weighted by Crippen LogP contribution is 2.31. The molecule has 0 bridgehead atoms. The molecule has 0 saturated heterocycles. The largest absolute Gasteiger partial charge is 0.496 e. The van der Waals surface area contributed by atoms with Crippen molar-refractivity contribution in [1.82, 2.24) is 0 Å². The first kappa shape index (κ1) is 10.6. The fraction of sp³-hybridized carbons (Fsp3) is 0.417. The van der Waals surface area contributed by atoms with Crippen molar-refractivity contribution >= 4 is 0 Å². The molecule has 0 aliphatic rings. The van der Waals surface area contributed by atoms with Gasteiger partial charge in [0.05, 0.1) is 12.7 Å². The van der Waals surface area contributed by atoms with Gasteiger partial charge in [0.25, 0.3) is 0 Å². The van der Waals surface area contributed by atoms with E-state index in [9.17, 15) is 0 Å². The minimum atomic E-state index is -0.136. The van der Waals surface area contributed by atoms with Gasteiger partial charge in [0.15, 0.2) is 0 Å². The van der Waals surface area contributed by atoms with Crippen LogP contribution in [0.2, 0.25) is 0 Å². The summed E-state index contributed by atoms with van der Waals surface area (Å²) >= 11 is 0. The molecule has 0 saturated carbocycles. The Morgan fingerprint density at radius 1 is 1.36 bits per heavy atom. The van der Waals surface area contributed by atoms with Gasteiger partial charge < -0.3 is 9.58 Å². The van der Waals surface area contributed by atoms with E-state index in [1.165, 1.54) is 5.56 Å². The third-order valence-electron chi connectivity index (χ3n) is 2.30. The molecule has 2 nitrogen and oxygen atoms in total. The van der Waals surface area contributed by atoms with Gasteiger partial charge >= 0.3 is 0 Å². The van der Waals surface area contributed by atoms with Crippen molar-refractivity contribution in [3.8, 4) is 5.75 Å². The van der Waals surface area contributed by atoms with E-state index >= 15 is 0 Å². The quantitative estimate of drug-likeness (QED) is 0.651. The molecule has 0 aromatic heterocycles. The maximum Gasteiger partial charge on any atom is 0.249 e. The van der Waals surface area contributed by atoms with E-state index in [0.717, 1.165) is 16.9 Å². The van der Waals surface area contributed by atoms with Gasteiger partial charge in [-0.15, -0.1) is 0 Å². The molecule has 0 fully saturated rings. The summed E-state index contributed by atoms with van der Waals surface area (Å²) in [6, 6.07) is 3.96. The van der Waals surface area contributed by atoms with Gasteiger partial charge in [0, 0.05) is 6.92 Å². The Bertz CT molecular complexity index is 377. The zero-order valence-electron chi connectivity index (χ0n) is 9.09. The molecular weight excluding hydrogens is 174 g/mol. The minimum absolute atomic E-state index is 0.136. The lowest BCUT2D eigenvalue weighted by atomic mass is 10.0. The molecule has 0 radical (unpaired) electrons. The second-order valence-corrected chi connectivity index (χ2v) is 3.51. The molecule has 1 rings (SSSR count). The third kappa shape index (κ3) is 1.88. The molecule has 0 N–H and O–H groups in total. The van der Waals surface area contributed by atoms with Crippen LogP contribution in [0.4, 0.5) is 0 Å². The van der Waals surface area contributed by atoms with E-state index in [1.807, 2.05) is 26.8 Å². The lowest BCUT2D eigenvalue weighted by Crippen LogP contribution is -1.97. The van der Waals surface area contributed by atoms with Crippen molar-refractivity contribution < 1.29 is 4.74 Å². The van der Waals surface area contributed by atoms with Crippen molar-refractivity contribution in [2.24, 2.45) is 0 Å². The Kier molecular flexibility index (Phi) is 3.14. The molecule has 0 aliphatic carbocycles. The van der Waals surface area contributed by atoms with E-state index in [1.54, 1.807) is 7.11 Å². The fourth-order valence-corrected chi connectivity index (χ4v) is 1.65. The van der Waals surface area contributed by atoms with Crippen LogP contribution >= 0.6 is 0 Å². The highest BCUT2D eigenvalue weighted by molar-refractivity contribution is 5.46. The smallest absolute Gasteiger partial charge is 0.249 e. The molecule has 1 unspecified atom stereocenters. The fourth-order valence-electron chi connectivity index (χ4n) is 1.65. The lowest BCUT2D eigenvalue weighted by Gasteiger charge is -2.11. The predicted molar refractivity (Wildman–Crippen MR) is 57.5 cm³/mol. The Morgan fingerprint density at radius 2 is 2.00 bits per heavy atom. The predicted octanol–water partition coefficient (Wildman–Crippen LogP) is 3.29. The van der Waals surface area contributed by atoms with Crippen LogP contribution in [0, 0.1) is 20.4 Å². The topological polar surface area (TPSA) is 13.6 Å². The summed E-state index contributed by atoms with van der Waals surface area (Å²) < 4.78 is 5.31. The van der Waals surface area contributed by atoms with Gasteiger partial charge in [-0.3, -0.25) is 0 Å². The van der Waals surface area contributed by atoms with Crippen LogP contribution in [0.3, 0.4) is 0 Å². The van der Waals surface area contributed by atoms with E-state index < -0.39 is 0 Å². The van der Waals surface area contributed by atoms with Gasteiger partial charge in [-0.25, -0.2) is 6.57 Å². The highest BCUT2D eigenvalue weighted by Gasteiger charge is 2.16. The Hall–Kier alpha value is -1.49. The van der Waals surface area contributed by atoms with E-state index in [4.69, 9.17) is 11.3 Å². The van der Waals surface area contributed by atoms with Crippen LogP contribution in [-0.2, 0) is 0 Å². The molecule has 0 amide bonds. The first-order chi connectivity index (χ1) is 6.60. The number of nitrogens with zero attached hydrogens (tertiary/aromatic N) is 1. The van der Waals surface area contributed by atoms with Crippen LogP contribution < -0.4 is 4.74 Å². The van der Waals surface area contributed by atoms with Crippen molar-refractivity contribution in [3.63, 3.8) is 0 Å². The Labute approximate surface area is 85.3 Å². The average Bonchev–Trinajstić information content (AvgIpc) is 2.15. The van der Waals surface area contributed by atoms with Crippen LogP contribution in [0.15, 0.2) is 12.1 Å². The Morgan fingerprint density at radius 3 is 2.50 bits per heavy atom. The molecule has 0 aliphatic heterocycles. The standard InChI is InChI=1S/C12H15NO/c1-8-6-9(2)12(14-5)11(7-8)10(3)13-4/h6-7,10H,1-3,5H3. The van der Waals surface area contributed by atoms with Gasteiger partial charge in [0.2, 0.25) is 6.04 Å². The minimum Gasteiger partial charge on any atom is -0.496 e. The molecule has 2 heteroatoms. The second-order valence-electron chi connectivity index (χ2n) is 3.51. The first-order valence-electron chi connectivity index (χ1n) is 4.61. The molecule has 1 atom stereocenters. The van der Waals surface area contributed by atoms with Gasteiger partial charge in [-0.1, -0.05) is 11.6 Å². The summed E-state index contributed by atoms with van der Waals surface area (Å²) in [5, 5.41) is 0. The Balaban J connectivity index is 3.33. The van der Waals surface area contributed by atoms with Crippen molar-refractivity contribution in [3.05, 3.63) is 40.2 Å². The normalized spacial score (nSPS) is 11.9. The van der Waals surface area contributed by atoms with E-state index in [0.29, 0.717) is 0 Å². The number of methoxy groups -OCH3 is 1. The van der Waals surface area contributed by atoms with Crippen LogP contribution in [0.25, 0.3) is 4.85 Å². The summed E-state index contributed by atoms with van der Waals surface area (Å²) in [5.74, 6) is 0.846. The summed E-state index contributed by atoms with van der Waals surface area (Å²) in [4.78, 5) is 3.52. The molecule has 1 aromatic rings. The van der Waals surface area contributed by atoms with Crippen LogP contribution in [0.1, 0.15) is 29.7 Å². The molecular formula is C12H15NO. The van der Waals surface area contributed by atoms with E-state index in [2.05, 4.69) is 10.9 Å². The summed E-state index contributed by atoms with van der Waals surface area (Å²) in [6.07, 6.45) is 0. The zero-order chi connectivity index (χ0) is 10.7. The summed E-state index contributed by atoms with van der Waals surface area (Å²) in [6.45, 7) is 13.0. The van der Waals surface area contributed by atoms with E-state index in [-0.39, 0.29) is 6.04 Å². The molecule has 74 valence electrons. The number of hydrogen-bond acceptors (Lipinski definition) is 1. The van der Waals surface area contributed by atoms with Gasteiger partial charge in [-0.2, -0.15) is 0 Å².